The van der Waals surface area contributed by atoms with Gasteiger partial charge in [0.1, 0.15) is 0 Å². The number of fused-ring (bicyclic) bond motifs is 1. The fraction of sp³-hybridized carbons (Fsp3) is 0.300. The Hall–Kier alpha value is -3.22. The van der Waals surface area contributed by atoms with Crippen LogP contribution in [-0.2, 0) is 4.79 Å². The summed E-state index contributed by atoms with van der Waals surface area (Å²) in [6.07, 6.45) is 2.07. The molecule has 0 aliphatic rings. The van der Waals surface area contributed by atoms with Crippen LogP contribution in [0.4, 0.5) is 11.4 Å². The van der Waals surface area contributed by atoms with E-state index in [9.17, 15) is 9.59 Å². The Morgan fingerprint density at radius 1 is 1.15 bits per heavy atom. The first-order chi connectivity index (χ1) is 12.9. The van der Waals surface area contributed by atoms with Gasteiger partial charge in [-0.25, -0.2) is 9.67 Å². The largest absolute Gasteiger partial charge is 0.326 e. The van der Waals surface area contributed by atoms with Crippen LogP contribution in [0.25, 0.3) is 11.0 Å². The fourth-order valence-corrected chi connectivity index (χ4v) is 2.83. The van der Waals surface area contributed by atoms with Gasteiger partial charge >= 0.3 is 0 Å². The number of amides is 2. The van der Waals surface area contributed by atoms with Gasteiger partial charge in [-0.2, -0.15) is 5.10 Å². The van der Waals surface area contributed by atoms with Crippen LogP contribution >= 0.6 is 0 Å². The molecule has 0 spiro atoms. The van der Waals surface area contributed by atoms with E-state index in [1.54, 1.807) is 48.1 Å². The third-order valence-electron chi connectivity index (χ3n) is 4.15. The molecule has 3 rings (SSSR count). The molecular weight excluding hydrogens is 342 g/mol. The maximum atomic E-state index is 12.9. The number of benzene rings is 1. The Morgan fingerprint density at radius 2 is 1.85 bits per heavy atom. The molecular formula is C20H23N5O2. The number of anilines is 2. The number of carbonyl (C=O) groups is 2. The number of nitrogens with zero attached hydrogens (tertiary/aromatic N) is 3. The van der Waals surface area contributed by atoms with Gasteiger partial charge in [0.05, 0.1) is 17.1 Å². The van der Waals surface area contributed by atoms with Gasteiger partial charge in [0.2, 0.25) is 5.91 Å². The average Bonchev–Trinajstić information content (AvgIpc) is 3.05. The molecule has 1 aromatic carbocycles. The molecule has 0 unspecified atom stereocenters. The smallest absolute Gasteiger partial charge is 0.256 e. The topological polar surface area (TPSA) is 88.9 Å². The maximum Gasteiger partial charge on any atom is 0.256 e. The molecule has 2 aromatic heterocycles. The van der Waals surface area contributed by atoms with Gasteiger partial charge < -0.3 is 10.6 Å². The van der Waals surface area contributed by atoms with Crippen molar-refractivity contribution >= 4 is 34.2 Å². The molecule has 2 N–H and O–H groups in total. The number of aromatic nitrogens is 3. The molecule has 0 atom stereocenters. The van der Waals surface area contributed by atoms with Crippen molar-refractivity contribution < 1.29 is 9.59 Å². The number of carbonyl (C=O) groups excluding carboxylic acids is 2. The highest BCUT2D eigenvalue weighted by Crippen LogP contribution is 2.23. The van der Waals surface area contributed by atoms with E-state index in [4.69, 9.17) is 0 Å². The molecule has 2 amide bonds. The van der Waals surface area contributed by atoms with Crippen LogP contribution < -0.4 is 10.6 Å². The normalized spacial score (nSPS) is 11.0. The van der Waals surface area contributed by atoms with E-state index < -0.39 is 0 Å². The quantitative estimate of drug-likeness (QED) is 0.717. The molecule has 27 heavy (non-hydrogen) atoms. The first-order valence-corrected chi connectivity index (χ1v) is 8.95. The predicted molar refractivity (Wildman–Crippen MR) is 106 cm³/mol. The third-order valence-corrected chi connectivity index (χ3v) is 4.15. The summed E-state index contributed by atoms with van der Waals surface area (Å²) in [5.74, 6) is -0.321. The van der Waals surface area contributed by atoms with E-state index in [0.29, 0.717) is 34.4 Å². The number of aryl methyl sites for hydroxylation is 1. The summed E-state index contributed by atoms with van der Waals surface area (Å²) in [5.41, 5.74) is 3.21. The van der Waals surface area contributed by atoms with Crippen LogP contribution in [-0.4, -0.2) is 26.6 Å². The van der Waals surface area contributed by atoms with Crippen molar-refractivity contribution in [2.24, 2.45) is 0 Å². The second-order valence-electron chi connectivity index (χ2n) is 6.67. The van der Waals surface area contributed by atoms with Crippen LogP contribution in [0.15, 0.2) is 36.5 Å². The lowest BCUT2D eigenvalue weighted by atomic mass is 10.1. The monoisotopic (exact) mass is 365 g/mol. The highest BCUT2D eigenvalue weighted by Gasteiger charge is 2.17. The first-order valence-electron chi connectivity index (χ1n) is 8.95. The lowest BCUT2D eigenvalue weighted by molar-refractivity contribution is -0.115. The second-order valence-corrected chi connectivity index (χ2v) is 6.67. The van der Waals surface area contributed by atoms with Crippen molar-refractivity contribution in [2.75, 3.05) is 10.6 Å². The number of hydrogen-bond donors (Lipinski definition) is 2. The summed E-state index contributed by atoms with van der Waals surface area (Å²) < 4.78 is 1.81. The zero-order valence-electron chi connectivity index (χ0n) is 15.9. The fourth-order valence-electron chi connectivity index (χ4n) is 2.83. The summed E-state index contributed by atoms with van der Waals surface area (Å²) in [5, 5.41) is 10.8. The molecule has 7 nitrogen and oxygen atoms in total. The van der Waals surface area contributed by atoms with Gasteiger partial charge in [-0.15, -0.1) is 0 Å². The molecule has 3 aromatic rings. The number of hydrogen-bond acceptors (Lipinski definition) is 4. The van der Waals surface area contributed by atoms with Gasteiger partial charge in [0.25, 0.3) is 5.91 Å². The summed E-state index contributed by atoms with van der Waals surface area (Å²) in [6.45, 7) is 7.68. The minimum Gasteiger partial charge on any atom is -0.326 e. The SMILES string of the molecule is CCC(=O)Nc1cccc(NC(=O)c2cc(C)nc3c2cnn3C(C)C)c1. The highest BCUT2D eigenvalue weighted by atomic mass is 16.2. The summed E-state index contributed by atoms with van der Waals surface area (Å²) in [7, 11) is 0. The molecule has 0 radical (unpaired) electrons. The van der Waals surface area contributed by atoms with Gasteiger partial charge in [0, 0.05) is 29.5 Å². The van der Waals surface area contributed by atoms with Crippen molar-refractivity contribution in [3.63, 3.8) is 0 Å². The highest BCUT2D eigenvalue weighted by molar-refractivity contribution is 6.12. The Morgan fingerprint density at radius 3 is 2.52 bits per heavy atom. The molecule has 7 heteroatoms. The van der Waals surface area contributed by atoms with Gasteiger partial charge in [0.15, 0.2) is 5.65 Å². The molecule has 140 valence electrons. The molecule has 2 heterocycles. The summed E-state index contributed by atoms with van der Waals surface area (Å²) >= 11 is 0. The van der Waals surface area contributed by atoms with Crippen molar-refractivity contribution in [1.29, 1.82) is 0 Å². The zero-order chi connectivity index (χ0) is 19.6. The second kappa shape index (κ2) is 7.57. The Labute approximate surface area is 157 Å². The lowest BCUT2D eigenvalue weighted by Crippen LogP contribution is -2.14. The number of nitrogens with one attached hydrogen (secondary N) is 2. The molecule has 0 fully saturated rings. The maximum absolute atomic E-state index is 12.9. The van der Waals surface area contributed by atoms with E-state index in [-0.39, 0.29) is 17.9 Å². The molecule has 0 saturated heterocycles. The molecule has 0 aliphatic carbocycles. The van der Waals surface area contributed by atoms with E-state index in [1.165, 1.54) is 0 Å². The van der Waals surface area contributed by atoms with Crippen LogP contribution in [0.2, 0.25) is 0 Å². The summed E-state index contributed by atoms with van der Waals surface area (Å²) in [6, 6.07) is 8.98. The van der Waals surface area contributed by atoms with Gasteiger partial charge in [-0.05, 0) is 45.0 Å². The Balaban J connectivity index is 1.91. The van der Waals surface area contributed by atoms with E-state index in [1.807, 2.05) is 20.8 Å². The van der Waals surface area contributed by atoms with E-state index in [0.717, 1.165) is 5.69 Å². The predicted octanol–water partition coefficient (Wildman–Crippen LogP) is 3.92. The number of pyridine rings is 1. The van der Waals surface area contributed by atoms with Crippen LogP contribution in [0.3, 0.4) is 0 Å². The summed E-state index contributed by atoms with van der Waals surface area (Å²) in [4.78, 5) is 29.0. The minimum atomic E-state index is -0.243. The van der Waals surface area contributed by atoms with Crippen LogP contribution in [0.1, 0.15) is 49.3 Å². The van der Waals surface area contributed by atoms with Crippen molar-refractivity contribution in [1.82, 2.24) is 14.8 Å². The van der Waals surface area contributed by atoms with Crippen LogP contribution in [0, 0.1) is 6.92 Å². The van der Waals surface area contributed by atoms with E-state index in [2.05, 4.69) is 20.7 Å². The first kappa shape index (κ1) is 18.6. The molecule has 0 aliphatic heterocycles. The third kappa shape index (κ3) is 3.97. The van der Waals surface area contributed by atoms with Crippen molar-refractivity contribution in [2.45, 2.75) is 40.2 Å². The average molecular weight is 365 g/mol. The standard InChI is InChI=1S/C20H23N5O2/c1-5-18(26)23-14-7-6-8-15(10-14)24-20(27)16-9-13(4)22-19-17(16)11-21-25(19)12(2)3/h6-12H,5H2,1-4H3,(H,23,26)(H,24,27). The molecule has 0 saturated carbocycles. The van der Waals surface area contributed by atoms with Crippen molar-refractivity contribution in [3.05, 3.63) is 47.8 Å². The minimum absolute atomic E-state index is 0.0777. The van der Waals surface area contributed by atoms with E-state index >= 15 is 0 Å². The van der Waals surface area contributed by atoms with Gasteiger partial charge in [-0.1, -0.05) is 13.0 Å². The Bertz CT molecular complexity index is 1010. The van der Waals surface area contributed by atoms with Crippen LogP contribution in [0.5, 0.6) is 0 Å². The Kier molecular flexibility index (Phi) is 5.21. The van der Waals surface area contributed by atoms with Gasteiger partial charge in [-0.3, -0.25) is 9.59 Å². The zero-order valence-corrected chi connectivity index (χ0v) is 15.9. The number of rotatable bonds is 5. The van der Waals surface area contributed by atoms with Crippen molar-refractivity contribution in [3.8, 4) is 0 Å². The lowest BCUT2D eigenvalue weighted by Gasteiger charge is -2.10. The molecule has 0 bridgehead atoms.